The lowest BCUT2D eigenvalue weighted by atomic mass is 9.98. The predicted molar refractivity (Wildman–Crippen MR) is 76.7 cm³/mol. The molecule has 1 aromatic heterocycles. The van der Waals surface area contributed by atoms with Crippen molar-refractivity contribution in [2.45, 2.75) is 65.3 Å². The van der Waals surface area contributed by atoms with Gasteiger partial charge in [0.2, 0.25) is 0 Å². The monoisotopic (exact) mass is 254 g/mol. The van der Waals surface area contributed by atoms with E-state index in [0.29, 0.717) is 0 Å². The third kappa shape index (κ3) is 5.64. The number of nitrogens with zero attached hydrogens (tertiary/aromatic N) is 1. The molecule has 0 bridgehead atoms. The molecule has 0 amide bonds. The maximum absolute atomic E-state index is 4.49. The van der Waals surface area contributed by atoms with Gasteiger partial charge in [-0.2, -0.15) is 0 Å². The van der Waals surface area contributed by atoms with Gasteiger partial charge < -0.3 is 5.32 Å². The summed E-state index contributed by atoms with van der Waals surface area (Å²) in [6.45, 7) is 11.0. The summed E-state index contributed by atoms with van der Waals surface area (Å²) in [4.78, 5) is 5.85. The first-order chi connectivity index (χ1) is 8.04. The topological polar surface area (TPSA) is 24.9 Å². The molecule has 0 aliphatic rings. The first-order valence-corrected chi connectivity index (χ1v) is 7.51. The highest BCUT2D eigenvalue weighted by Crippen LogP contribution is 2.26. The van der Waals surface area contributed by atoms with Gasteiger partial charge in [0, 0.05) is 23.0 Å². The van der Waals surface area contributed by atoms with Crippen LogP contribution in [0.5, 0.6) is 0 Å². The van der Waals surface area contributed by atoms with Gasteiger partial charge >= 0.3 is 0 Å². The molecule has 0 aliphatic carbocycles. The fraction of sp³-hybridized carbons (Fsp3) is 0.786. The zero-order chi connectivity index (χ0) is 12.7. The summed E-state index contributed by atoms with van der Waals surface area (Å²) < 4.78 is 0. The molecule has 1 aromatic rings. The molecule has 0 unspecified atom stereocenters. The molecular weight excluding hydrogens is 228 g/mol. The van der Waals surface area contributed by atoms with Crippen molar-refractivity contribution < 1.29 is 0 Å². The number of aromatic nitrogens is 1. The molecule has 0 fully saturated rings. The first-order valence-electron chi connectivity index (χ1n) is 6.70. The highest BCUT2D eigenvalue weighted by atomic mass is 32.1. The average molecular weight is 254 g/mol. The molecule has 0 aliphatic heterocycles. The van der Waals surface area contributed by atoms with Crippen molar-refractivity contribution in [1.82, 2.24) is 10.3 Å². The van der Waals surface area contributed by atoms with E-state index in [4.69, 9.17) is 0 Å². The van der Waals surface area contributed by atoms with Gasteiger partial charge in [0.15, 0.2) is 0 Å². The van der Waals surface area contributed by atoms with E-state index in [0.717, 1.165) is 13.1 Å². The Bertz CT molecular complexity index is 312. The smallest absolute Gasteiger partial charge is 0.0981 e. The molecule has 1 rings (SSSR count). The maximum atomic E-state index is 4.49. The Morgan fingerprint density at radius 3 is 2.59 bits per heavy atom. The van der Waals surface area contributed by atoms with Crippen LogP contribution in [-0.4, -0.2) is 11.5 Å². The Morgan fingerprint density at radius 1 is 1.24 bits per heavy atom. The van der Waals surface area contributed by atoms with Gasteiger partial charge in [0.1, 0.15) is 0 Å². The summed E-state index contributed by atoms with van der Waals surface area (Å²) in [6, 6.07) is 0. The number of nitrogens with one attached hydrogen (secondary N) is 1. The van der Waals surface area contributed by atoms with E-state index >= 15 is 0 Å². The van der Waals surface area contributed by atoms with Crippen molar-refractivity contribution >= 4 is 11.3 Å². The predicted octanol–water partition coefficient (Wildman–Crippen LogP) is 4.11. The Morgan fingerprint density at radius 2 is 2.00 bits per heavy atom. The van der Waals surface area contributed by atoms with Crippen LogP contribution in [0.25, 0.3) is 0 Å². The van der Waals surface area contributed by atoms with E-state index in [1.165, 1.54) is 35.6 Å². The van der Waals surface area contributed by atoms with Crippen molar-refractivity contribution in [3.63, 3.8) is 0 Å². The van der Waals surface area contributed by atoms with Gasteiger partial charge in [-0.3, -0.25) is 0 Å². The zero-order valence-corrected chi connectivity index (χ0v) is 12.5. The summed E-state index contributed by atoms with van der Waals surface area (Å²) in [5.41, 5.74) is 0.185. The van der Waals surface area contributed by atoms with Crippen LogP contribution in [0.4, 0.5) is 0 Å². The number of rotatable bonds is 7. The molecular formula is C14H26N2S. The van der Waals surface area contributed by atoms with Crippen molar-refractivity contribution in [1.29, 1.82) is 0 Å². The second-order valence-electron chi connectivity index (χ2n) is 5.62. The molecule has 0 spiro atoms. The van der Waals surface area contributed by atoms with E-state index in [2.05, 4.69) is 38.0 Å². The Balaban J connectivity index is 2.21. The van der Waals surface area contributed by atoms with E-state index < -0.39 is 0 Å². The van der Waals surface area contributed by atoms with Crippen LogP contribution in [0, 0.1) is 0 Å². The standard InChI is InChI=1S/C14H26N2S/c1-5-6-7-8-9-15-10-12-11-16-13(17-12)14(2,3)4/h11,15H,5-10H2,1-4H3. The molecule has 1 heterocycles. The van der Waals surface area contributed by atoms with Crippen LogP contribution in [0.2, 0.25) is 0 Å². The maximum Gasteiger partial charge on any atom is 0.0981 e. The van der Waals surface area contributed by atoms with E-state index in [-0.39, 0.29) is 5.41 Å². The van der Waals surface area contributed by atoms with Gasteiger partial charge in [-0.05, 0) is 13.0 Å². The van der Waals surface area contributed by atoms with Gasteiger partial charge in [0.05, 0.1) is 5.01 Å². The van der Waals surface area contributed by atoms with Crippen molar-refractivity contribution in [3.8, 4) is 0 Å². The van der Waals surface area contributed by atoms with Crippen LogP contribution >= 0.6 is 11.3 Å². The third-order valence-corrected chi connectivity index (χ3v) is 4.12. The van der Waals surface area contributed by atoms with Gasteiger partial charge in [-0.25, -0.2) is 4.98 Å². The Kier molecular flexibility index (Phi) is 6.14. The summed E-state index contributed by atoms with van der Waals surface area (Å²) in [6.07, 6.45) is 7.32. The lowest BCUT2D eigenvalue weighted by molar-refractivity contribution is 0.585. The number of thiazole rings is 1. The minimum Gasteiger partial charge on any atom is -0.312 e. The number of hydrogen-bond acceptors (Lipinski definition) is 3. The molecule has 0 radical (unpaired) electrons. The second kappa shape index (κ2) is 7.12. The lowest BCUT2D eigenvalue weighted by Crippen LogP contribution is -2.13. The number of hydrogen-bond donors (Lipinski definition) is 1. The van der Waals surface area contributed by atoms with Crippen LogP contribution in [0.1, 0.15) is 63.3 Å². The average Bonchev–Trinajstić information content (AvgIpc) is 2.71. The molecule has 1 N–H and O–H groups in total. The van der Waals surface area contributed by atoms with Crippen LogP contribution in [0.15, 0.2) is 6.20 Å². The Labute approximate surface area is 110 Å². The van der Waals surface area contributed by atoms with Gasteiger partial charge in [-0.1, -0.05) is 47.0 Å². The molecule has 0 aromatic carbocycles. The first kappa shape index (κ1) is 14.7. The molecule has 0 atom stereocenters. The molecule has 17 heavy (non-hydrogen) atoms. The Hall–Kier alpha value is -0.410. The minimum atomic E-state index is 0.185. The summed E-state index contributed by atoms with van der Waals surface area (Å²) in [5, 5.41) is 4.73. The summed E-state index contributed by atoms with van der Waals surface area (Å²) in [7, 11) is 0. The van der Waals surface area contributed by atoms with Crippen LogP contribution in [0.3, 0.4) is 0 Å². The van der Waals surface area contributed by atoms with E-state index in [1.54, 1.807) is 0 Å². The molecule has 98 valence electrons. The molecule has 0 saturated carbocycles. The lowest BCUT2D eigenvalue weighted by Gasteiger charge is -2.13. The molecule has 3 heteroatoms. The quantitative estimate of drug-likeness (QED) is 0.741. The van der Waals surface area contributed by atoms with E-state index in [1.807, 2.05) is 17.5 Å². The van der Waals surface area contributed by atoms with Crippen molar-refractivity contribution in [2.24, 2.45) is 0 Å². The highest BCUT2D eigenvalue weighted by Gasteiger charge is 2.17. The van der Waals surface area contributed by atoms with Crippen LogP contribution < -0.4 is 5.32 Å². The zero-order valence-electron chi connectivity index (χ0n) is 11.7. The highest BCUT2D eigenvalue weighted by molar-refractivity contribution is 7.11. The second-order valence-corrected chi connectivity index (χ2v) is 6.73. The van der Waals surface area contributed by atoms with Gasteiger partial charge in [0.25, 0.3) is 0 Å². The fourth-order valence-corrected chi connectivity index (χ4v) is 2.56. The SMILES string of the molecule is CCCCCCNCc1cnc(C(C)(C)C)s1. The van der Waals surface area contributed by atoms with Crippen molar-refractivity contribution in [3.05, 3.63) is 16.1 Å². The van der Waals surface area contributed by atoms with Crippen molar-refractivity contribution in [2.75, 3.05) is 6.54 Å². The minimum absolute atomic E-state index is 0.185. The normalized spacial score (nSPS) is 12.0. The largest absolute Gasteiger partial charge is 0.312 e. The summed E-state index contributed by atoms with van der Waals surface area (Å²) in [5.74, 6) is 0. The molecule has 2 nitrogen and oxygen atoms in total. The fourth-order valence-electron chi connectivity index (χ4n) is 1.62. The number of unbranched alkanes of at least 4 members (excludes halogenated alkanes) is 3. The van der Waals surface area contributed by atoms with E-state index in [9.17, 15) is 0 Å². The van der Waals surface area contributed by atoms with Gasteiger partial charge in [-0.15, -0.1) is 11.3 Å². The van der Waals surface area contributed by atoms with Crippen LogP contribution in [-0.2, 0) is 12.0 Å². The molecule has 0 saturated heterocycles. The summed E-state index contributed by atoms with van der Waals surface area (Å²) >= 11 is 1.83. The third-order valence-electron chi connectivity index (χ3n) is 2.70.